The summed E-state index contributed by atoms with van der Waals surface area (Å²) in [4.78, 5) is 20.4. The van der Waals surface area contributed by atoms with E-state index in [-0.39, 0.29) is 11.9 Å². The molecule has 1 unspecified atom stereocenters. The van der Waals surface area contributed by atoms with Gasteiger partial charge >= 0.3 is 0 Å². The molecule has 0 saturated heterocycles. The van der Waals surface area contributed by atoms with Crippen LogP contribution in [-0.2, 0) is 19.4 Å². The van der Waals surface area contributed by atoms with E-state index in [2.05, 4.69) is 19.9 Å². The van der Waals surface area contributed by atoms with Crippen LogP contribution in [0.25, 0.3) is 0 Å². The molecule has 1 amide bonds. The van der Waals surface area contributed by atoms with Crippen LogP contribution < -0.4 is 5.32 Å². The number of hydrogen-bond donors (Lipinski definition) is 1. The fourth-order valence-corrected chi connectivity index (χ4v) is 2.44. The lowest BCUT2D eigenvalue weighted by atomic mass is 10.1. The topological polar surface area (TPSA) is 73.0 Å². The van der Waals surface area contributed by atoms with Crippen molar-refractivity contribution < 1.29 is 9.21 Å². The van der Waals surface area contributed by atoms with Gasteiger partial charge in [0.05, 0.1) is 0 Å². The molecule has 0 spiro atoms. The quantitative estimate of drug-likeness (QED) is 0.899. The van der Waals surface area contributed by atoms with Gasteiger partial charge in [-0.05, 0) is 6.42 Å². The molecule has 100 valence electrons. The number of rotatable bonds is 3. The van der Waals surface area contributed by atoms with Crippen LogP contribution >= 0.6 is 0 Å². The molecule has 0 bridgehead atoms. The van der Waals surface area contributed by atoms with Crippen molar-refractivity contribution in [1.82, 2.24) is 19.9 Å². The minimum atomic E-state index is -0.154. The summed E-state index contributed by atoms with van der Waals surface area (Å²) in [6.45, 7) is 2.70. The third-order valence-electron chi connectivity index (χ3n) is 3.45. The molecule has 1 N–H and O–H groups in total. The maximum Gasteiger partial charge on any atom is 0.273 e. The first-order valence-corrected chi connectivity index (χ1v) is 6.51. The average Bonchev–Trinajstić information content (AvgIpc) is 3.06. The highest BCUT2D eigenvalue weighted by atomic mass is 16.3. The minimum Gasteiger partial charge on any atom is -0.448 e. The summed E-state index contributed by atoms with van der Waals surface area (Å²) >= 11 is 0. The van der Waals surface area contributed by atoms with Gasteiger partial charge in [-0.1, -0.05) is 6.92 Å². The smallest absolute Gasteiger partial charge is 0.273 e. The minimum absolute atomic E-state index is 0.121. The van der Waals surface area contributed by atoms with E-state index >= 15 is 0 Å². The van der Waals surface area contributed by atoms with E-state index in [1.54, 1.807) is 6.20 Å². The number of aryl methyl sites for hydroxylation is 2. The van der Waals surface area contributed by atoms with E-state index in [1.165, 1.54) is 6.39 Å². The van der Waals surface area contributed by atoms with Gasteiger partial charge in [-0.3, -0.25) is 4.79 Å². The molecule has 1 aliphatic rings. The highest BCUT2D eigenvalue weighted by molar-refractivity contribution is 5.93. The Labute approximate surface area is 110 Å². The molecule has 6 heteroatoms. The van der Waals surface area contributed by atoms with Crippen molar-refractivity contribution in [3.05, 3.63) is 36.1 Å². The first-order valence-electron chi connectivity index (χ1n) is 6.51. The summed E-state index contributed by atoms with van der Waals surface area (Å²) in [6, 6.07) is 0.121. The molecule has 1 aliphatic heterocycles. The normalized spacial score (nSPS) is 18.1. The van der Waals surface area contributed by atoms with Crippen LogP contribution in [0.15, 0.2) is 23.2 Å². The predicted octanol–water partition coefficient (Wildman–Crippen LogP) is 1.18. The maximum atomic E-state index is 12.1. The van der Waals surface area contributed by atoms with Crippen molar-refractivity contribution in [2.75, 3.05) is 0 Å². The SMILES string of the molecule is CCc1ocnc1C(=O)NC1CCc2nccn2C1. The Bertz CT molecular complexity index is 587. The predicted molar refractivity (Wildman–Crippen MR) is 67.7 cm³/mol. The summed E-state index contributed by atoms with van der Waals surface area (Å²) in [7, 11) is 0. The Kier molecular flexibility index (Phi) is 3.06. The number of nitrogens with zero attached hydrogens (tertiary/aromatic N) is 3. The van der Waals surface area contributed by atoms with E-state index in [0.717, 1.165) is 25.2 Å². The second kappa shape index (κ2) is 4.87. The number of hydrogen-bond acceptors (Lipinski definition) is 4. The monoisotopic (exact) mass is 260 g/mol. The Morgan fingerprint density at radius 3 is 3.32 bits per heavy atom. The van der Waals surface area contributed by atoms with Crippen molar-refractivity contribution in [3.8, 4) is 0 Å². The van der Waals surface area contributed by atoms with Gasteiger partial charge in [0.25, 0.3) is 5.91 Å². The van der Waals surface area contributed by atoms with E-state index in [4.69, 9.17) is 4.42 Å². The summed E-state index contributed by atoms with van der Waals surface area (Å²) in [5, 5.41) is 3.02. The number of carbonyl (C=O) groups excluding carboxylic acids is 1. The number of aromatic nitrogens is 3. The highest BCUT2D eigenvalue weighted by Crippen LogP contribution is 2.14. The Morgan fingerprint density at radius 1 is 1.58 bits per heavy atom. The summed E-state index contributed by atoms with van der Waals surface area (Å²) in [5.74, 6) is 1.57. The first-order chi connectivity index (χ1) is 9.28. The molecule has 2 aromatic rings. The fraction of sp³-hybridized carbons (Fsp3) is 0.462. The molecule has 0 fully saturated rings. The Balaban J connectivity index is 1.68. The number of oxazole rings is 1. The van der Waals surface area contributed by atoms with Gasteiger partial charge < -0.3 is 14.3 Å². The lowest BCUT2D eigenvalue weighted by Gasteiger charge is -2.24. The molecule has 6 nitrogen and oxygen atoms in total. The molecule has 2 aromatic heterocycles. The van der Waals surface area contributed by atoms with E-state index in [1.807, 2.05) is 13.1 Å². The van der Waals surface area contributed by atoms with Gasteiger partial charge in [0, 0.05) is 37.8 Å². The zero-order valence-electron chi connectivity index (χ0n) is 10.8. The standard InChI is InChI=1S/C13H16N4O2/c1-2-10-12(15-8-19-10)13(18)16-9-3-4-11-14-5-6-17(11)7-9/h5-6,8-9H,2-4,7H2,1H3,(H,16,18). The second-order valence-corrected chi connectivity index (χ2v) is 4.68. The van der Waals surface area contributed by atoms with E-state index in [0.29, 0.717) is 17.9 Å². The van der Waals surface area contributed by atoms with Gasteiger partial charge in [-0.15, -0.1) is 0 Å². The molecular formula is C13H16N4O2. The van der Waals surface area contributed by atoms with E-state index < -0.39 is 0 Å². The van der Waals surface area contributed by atoms with Gasteiger partial charge in [0.1, 0.15) is 11.6 Å². The van der Waals surface area contributed by atoms with E-state index in [9.17, 15) is 4.79 Å². The Hall–Kier alpha value is -2.11. The zero-order valence-corrected chi connectivity index (χ0v) is 10.8. The molecule has 0 aliphatic carbocycles. The van der Waals surface area contributed by atoms with Gasteiger partial charge in [-0.2, -0.15) is 0 Å². The average molecular weight is 260 g/mol. The summed E-state index contributed by atoms with van der Waals surface area (Å²) in [6.07, 6.45) is 7.52. The van der Waals surface area contributed by atoms with Crippen LogP contribution in [-0.4, -0.2) is 26.5 Å². The van der Waals surface area contributed by atoms with Crippen molar-refractivity contribution in [2.24, 2.45) is 0 Å². The number of imidazole rings is 1. The summed E-state index contributed by atoms with van der Waals surface area (Å²) in [5.41, 5.74) is 0.402. The summed E-state index contributed by atoms with van der Waals surface area (Å²) < 4.78 is 7.26. The van der Waals surface area contributed by atoms with Crippen molar-refractivity contribution >= 4 is 5.91 Å². The van der Waals surface area contributed by atoms with Crippen molar-refractivity contribution in [2.45, 2.75) is 38.8 Å². The number of amides is 1. The first kappa shape index (κ1) is 12.0. The van der Waals surface area contributed by atoms with Crippen LogP contribution in [0.5, 0.6) is 0 Å². The van der Waals surface area contributed by atoms with Crippen molar-refractivity contribution in [1.29, 1.82) is 0 Å². The highest BCUT2D eigenvalue weighted by Gasteiger charge is 2.23. The maximum absolute atomic E-state index is 12.1. The third-order valence-corrected chi connectivity index (χ3v) is 3.45. The molecular weight excluding hydrogens is 244 g/mol. The lowest BCUT2D eigenvalue weighted by Crippen LogP contribution is -2.41. The third kappa shape index (κ3) is 2.25. The molecule has 19 heavy (non-hydrogen) atoms. The Morgan fingerprint density at radius 2 is 2.47 bits per heavy atom. The largest absolute Gasteiger partial charge is 0.448 e. The van der Waals surface area contributed by atoms with Crippen LogP contribution in [0.4, 0.5) is 0 Å². The van der Waals surface area contributed by atoms with Gasteiger partial charge in [0.15, 0.2) is 12.1 Å². The second-order valence-electron chi connectivity index (χ2n) is 4.68. The van der Waals surface area contributed by atoms with Crippen LogP contribution in [0, 0.1) is 0 Å². The van der Waals surface area contributed by atoms with Crippen LogP contribution in [0.2, 0.25) is 0 Å². The molecule has 0 radical (unpaired) electrons. The molecule has 0 saturated carbocycles. The van der Waals surface area contributed by atoms with Crippen molar-refractivity contribution in [3.63, 3.8) is 0 Å². The fourth-order valence-electron chi connectivity index (χ4n) is 2.44. The van der Waals surface area contributed by atoms with Crippen LogP contribution in [0.3, 0.4) is 0 Å². The molecule has 0 aromatic carbocycles. The van der Waals surface area contributed by atoms with Crippen LogP contribution in [0.1, 0.15) is 35.4 Å². The molecule has 1 atom stereocenters. The van der Waals surface area contributed by atoms with Gasteiger partial charge in [0.2, 0.25) is 0 Å². The molecule has 3 rings (SSSR count). The lowest BCUT2D eigenvalue weighted by molar-refractivity contribution is 0.0921. The number of fused-ring (bicyclic) bond motifs is 1. The molecule has 3 heterocycles. The number of nitrogens with one attached hydrogen (secondary N) is 1. The van der Waals surface area contributed by atoms with Gasteiger partial charge in [-0.25, -0.2) is 9.97 Å². The number of carbonyl (C=O) groups is 1. The zero-order chi connectivity index (χ0) is 13.2.